The molecule has 25 heavy (non-hydrogen) atoms. The molecule has 0 atom stereocenters. The zero-order valence-corrected chi connectivity index (χ0v) is 15.3. The molecule has 0 saturated carbocycles. The molecule has 0 unspecified atom stereocenters. The minimum Gasteiger partial charge on any atom is -0.296 e. The predicted molar refractivity (Wildman–Crippen MR) is 97.4 cm³/mol. The van der Waals surface area contributed by atoms with Gasteiger partial charge in [0.2, 0.25) is 0 Å². The Morgan fingerprint density at radius 2 is 1.92 bits per heavy atom. The maximum absolute atomic E-state index is 12.5. The monoisotopic (exact) mass is 355 g/mol. The van der Waals surface area contributed by atoms with Crippen LogP contribution in [-0.4, -0.2) is 21.7 Å². The van der Waals surface area contributed by atoms with E-state index in [1.807, 2.05) is 6.07 Å². The van der Waals surface area contributed by atoms with Crippen LogP contribution in [0.25, 0.3) is 0 Å². The van der Waals surface area contributed by atoms with Crippen LogP contribution in [-0.2, 0) is 19.3 Å². The summed E-state index contributed by atoms with van der Waals surface area (Å²) in [5, 5.41) is 3.31. The highest BCUT2D eigenvalue weighted by Crippen LogP contribution is 2.38. The molecule has 2 heterocycles. The van der Waals surface area contributed by atoms with Crippen molar-refractivity contribution in [3.8, 4) is 0 Å². The van der Waals surface area contributed by atoms with E-state index in [0.29, 0.717) is 22.1 Å². The van der Waals surface area contributed by atoms with Gasteiger partial charge in [-0.3, -0.25) is 14.9 Å². The van der Waals surface area contributed by atoms with Gasteiger partial charge in [0.15, 0.2) is 10.9 Å². The van der Waals surface area contributed by atoms with Crippen LogP contribution in [0.2, 0.25) is 0 Å². The van der Waals surface area contributed by atoms with Crippen LogP contribution in [0.4, 0.5) is 5.13 Å². The number of ketones is 1. The van der Waals surface area contributed by atoms with Crippen molar-refractivity contribution >= 4 is 28.2 Å². The van der Waals surface area contributed by atoms with Crippen LogP contribution in [0.3, 0.4) is 0 Å². The van der Waals surface area contributed by atoms with Crippen molar-refractivity contribution in [2.24, 2.45) is 5.41 Å². The molecule has 2 aliphatic rings. The first kappa shape index (κ1) is 16.4. The Morgan fingerprint density at radius 1 is 1.12 bits per heavy atom. The Balaban J connectivity index is 1.55. The van der Waals surface area contributed by atoms with E-state index in [2.05, 4.69) is 29.1 Å². The van der Waals surface area contributed by atoms with E-state index in [1.165, 1.54) is 23.3 Å². The average Bonchev–Trinajstić information content (AvgIpc) is 2.95. The van der Waals surface area contributed by atoms with Crippen molar-refractivity contribution in [1.29, 1.82) is 0 Å². The maximum atomic E-state index is 12.5. The number of nitrogens with one attached hydrogen (secondary N) is 1. The summed E-state index contributed by atoms with van der Waals surface area (Å²) in [5.74, 6) is -0.137. The molecule has 130 valence electrons. The van der Waals surface area contributed by atoms with Crippen LogP contribution in [0.1, 0.15) is 70.2 Å². The largest absolute Gasteiger partial charge is 0.296 e. The van der Waals surface area contributed by atoms with E-state index in [9.17, 15) is 9.59 Å². The number of fused-ring (bicyclic) bond motifs is 2. The Labute approximate surface area is 150 Å². The highest BCUT2D eigenvalue weighted by molar-refractivity contribution is 7.17. The van der Waals surface area contributed by atoms with Crippen molar-refractivity contribution in [2.75, 3.05) is 5.32 Å². The van der Waals surface area contributed by atoms with Crippen molar-refractivity contribution in [1.82, 2.24) is 9.97 Å². The molecule has 0 bridgehead atoms. The number of nitrogens with zero attached hydrogens (tertiary/aromatic N) is 2. The molecule has 0 radical (unpaired) electrons. The highest BCUT2D eigenvalue weighted by atomic mass is 32.1. The molecule has 2 aliphatic carbocycles. The summed E-state index contributed by atoms with van der Waals surface area (Å²) in [4.78, 5) is 34.5. The summed E-state index contributed by atoms with van der Waals surface area (Å²) in [7, 11) is 0. The molecular formula is C19H21N3O2S. The summed E-state index contributed by atoms with van der Waals surface area (Å²) in [6.07, 6.45) is 5.59. The SMILES string of the molecule is CC1(C)CC(=O)c2sc(NC(=O)c3ccc4c(n3)CCCC4)nc2C1. The first-order valence-electron chi connectivity index (χ1n) is 8.74. The van der Waals surface area contributed by atoms with E-state index in [1.54, 1.807) is 6.07 Å². The van der Waals surface area contributed by atoms with Crippen LogP contribution in [0.5, 0.6) is 0 Å². The van der Waals surface area contributed by atoms with Crippen LogP contribution < -0.4 is 5.32 Å². The number of pyridine rings is 1. The molecule has 2 aromatic heterocycles. The number of amides is 1. The Hall–Kier alpha value is -2.08. The van der Waals surface area contributed by atoms with Gasteiger partial charge in [-0.1, -0.05) is 31.3 Å². The van der Waals surface area contributed by atoms with Gasteiger partial charge in [-0.15, -0.1) is 0 Å². The number of hydrogen-bond donors (Lipinski definition) is 1. The second kappa shape index (κ2) is 6.02. The molecular weight excluding hydrogens is 334 g/mol. The van der Waals surface area contributed by atoms with Gasteiger partial charge in [-0.05, 0) is 49.1 Å². The number of rotatable bonds is 2. The zero-order valence-electron chi connectivity index (χ0n) is 14.5. The number of carbonyl (C=O) groups excluding carboxylic acids is 2. The lowest BCUT2D eigenvalue weighted by atomic mass is 9.78. The van der Waals surface area contributed by atoms with E-state index in [4.69, 9.17) is 0 Å². The summed E-state index contributed by atoms with van der Waals surface area (Å²) >= 11 is 1.28. The second-order valence-electron chi connectivity index (χ2n) is 7.70. The number of thiazole rings is 1. The van der Waals surface area contributed by atoms with Crippen molar-refractivity contribution in [2.45, 2.75) is 52.4 Å². The summed E-state index contributed by atoms with van der Waals surface area (Å²) in [5.41, 5.74) is 3.44. The predicted octanol–water partition coefficient (Wildman–Crippen LogP) is 3.82. The number of Topliss-reactive ketones (excluding diaryl/α,β-unsaturated/α-hetero) is 1. The maximum Gasteiger partial charge on any atom is 0.276 e. The molecule has 0 spiro atoms. The second-order valence-corrected chi connectivity index (χ2v) is 8.70. The number of aromatic nitrogens is 2. The molecule has 0 aliphatic heterocycles. The molecule has 0 aromatic carbocycles. The normalized spacial score (nSPS) is 18.4. The number of anilines is 1. The molecule has 5 nitrogen and oxygen atoms in total. The van der Waals surface area contributed by atoms with Crippen molar-refractivity contribution in [3.63, 3.8) is 0 Å². The van der Waals surface area contributed by atoms with Gasteiger partial charge < -0.3 is 0 Å². The van der Waals surface area contributed by atoms with Gasteiger partial charge in [0, 0.05) is 12.1 Å². The number of aryl methyl sites for hydroxylation is 2. The van der Waals surface area contributed by atoms with E-state index in [0.717, 1.165) is 37.1 Å². The fraction of sp³-hybridized carbons (Fsp3) is 0.474. The van der Waals surface area contributed by atoms with Gasteiger partial charge in [-0.2, -0.15) is 0 Å². The Morgan fingerprint density at radius 3 is 2.76 bits per heavy atom. The Kier molecular flexibility index (Phi) is 3.95. The lowest BCUT2D eigenvalue weighted by Crippen LogP contribution is -2.26. The molecule has 2 aromatic rings. The van der Waals surface area contributed by atoms with Gasteiger partial charge >= 0.3 is 0 Å². The third kappa shape index (κ3) is 3.23. The molecule has 1 N–H and O–H groups in total. The van der Waals surface area contributed by atoms with E-state index >= 15 is 0 Å². The minimum atomic E-state index is -0.258. The fourth-order valence-corrected chi connectivity index (χ4v) is 4.56. The third-order valence-electron chi connectivity index (χ3n) is 4.87. The Bertz CT molecular complexity index is 870. The van der Waals surface area contributed by atoms with Gasteiger partial charge in [0.25, 0.3) is 5.91 Å². The minimum absolute atomic E-state index is 0.0700. The zero-order chi connectivity index (χ0) is 17.6. The highest BCUT2D eigenvalue weighted by Gasteiger charge is 2.34. The number of carbonyl (C=O) groups is 2. The molecule has 0 saturated heterocycles. The fourth-order valence-electron chi connectivity index (χ4n) is 3.64. The average molecular weight is 355 g/mol. The topological polar surface area (TPSA) is 72.0 Å². The van der Waals surface area contributed by atoms with Gasteiger partial charge in [0.05, 0.1) is 10.6 Å². The van der Waals surface area contributed by atoms with Crippen LogP contribution >= 0.6 is 11.3 Å². The summed E-state index contributed by atoms with van der Waals surface area (Å²) in [6, 6.07) is 3.79. The molecule has 6 heteroatoms. The molecule has 4 rings (SSSR count). The third-order valence-corrected chi connectivity index (χ3v) is 5.92. The summed E-state index contributed by atoms with van der Waals surface area (Å²) < 4.78 is 0. The van der Waals surface area contributed by atoms with E-state index < -0.39 is 0 Å². The van der Waals surface area contributed by atoms with Crippen LogP contribution in [0, 0.1) is 5.41 Å². The lowest BCUT2D eigenvalue weighted by molar-refractivity contribution is 0.0915. The van der Waals surface area contributed by atoms with Crippen LogP contribution in [0.15, 0.2) is 12.1 Å². The van der Waals surface area contributed by atoms with E-state index in [-0.39, 0.29) is 17.1 Å². The van der Waals surface area contributed by atoms with Gasteiger partial charge in [-0.25, -0.2) is 9.97 Å². The molecule has 0 fully saturated rings. The standard InChI is InChI=1S/C19H21N3O2S/c1-19(2)9-14-16(15(23)10-19)25-18(21-14)22-17(24)13-8-7-11-5-3-4-6-12(11)20-13/h7-8H,3-6,9-10H2,1-2H3,(H,21,22,24). The number of hydrogen-bond acceptors (Lipinski definition) is 5. The summed E-state index contributed by atoms with van der Waals surface area (Å²) in [6.45, 7) is 4.14. The quantitative estimate of drug-likeness (QED) is 0.889. The van der Waals surface area contributed by atoms with Gasteiger partial charge in [0.1, 0.15) is 5.69 Å². The first-order chi connectivity index (χ1) is 11.9. The molecule has 1 amide bonds. The van der Waals surface area contributed by atoms with Crippen molar-refractivity contribution in [3.05, 3.63) is 39.7 Å². The van der Waals surface area contributed by atoms with Crippen molar-refractivity contribution < 1.29 is 9.59 Å². The lowest BCUT2D eigenvalue weighted by Gasteiger charge is -2.26. The first-order valence-corrected chi connectivity index (χ1v) is 9.56. The smallest absolute Gasteiger partial charge is 0.276 e.